The number of imide groups is 2. The van der Waals surface area contributed by atoms with Crippen molar-refractivity contribution in [1.29, 1.82) is 0 Å². The van der Waals surface area contributed by atoms with Gasteiger partial charge in [0.15, 0.2) is 0 Å². The topological polar surface area (TPSA) is 201 Å². The molecule has 0 bridgehead atoms. The first-order valence-electron chi connectivity index (χ1n) is 18.9. The Bertz CT molecular complexity index is 2180. The summed E-state index contributed by atoms with van der Waals surface area (Å²) in [6.45, 7) is 6.08. The Morgan fingerprint density at radius 3 is 2.54 bits per heavy atom. The minimum absolute atomic E-state index is 0.0267. The number of hydrogen-bond acceptors (Lipinski definition) is 13. The summed E-state index contributed by atoms with van der Waals surface area (Å²) in [5, 5.41) is 13.9. The van der Waals surface area contributed by atoms with Gasteiger partial charge in [0, 0.05) is 56.3 Å². The third kappa shape index (κ3) is 7.77. The van der Waals surface area contributed by atoms with Crippen molar-refractivity contribution >= 4 is 51.9 Å². The molecule has 3 fully saturated rings. The second kappa shape index (κ2) is 15.7. The summed E-state index contributed by atoms with van der Waals surface area (Å²) in [4.78, 5) is 77.1. The number of benzene rings is 2. The fourth-order valence-electron chi connectivity index (χ4n) is 7.21. The third-order valence-corrected chi connectivity index (χ3v) is 10.6. The van der Waals surface area contributed by atoms with Gasteiger partial charge < -0.3 is 29.3 Å². The average Bonchev–Trinajstić information content (AvgIpc) is 3.68. The van der Waals surface area contributed by atoms with Gasteiger partial charge in [0.05, 0.1) is 55.2 Å². The predicted molar refractivity (Wildman–Crippen MR) is 202 cm³/mol. The highest BCUT2D eigenvalue weighted by Gasteiger charge is 2.45. The molecule has 8 rings (SSSR count). The number of aromatic nitrogens is 4. The average molecular weight is 766 g/mol. The van der Waals surface area contributed by atoms with Crippen LogP contribution < -0.4 is 20.3 Å². The maximum Gasteiger partial charge on any atom is 0.264 e. The van der Waals surface area contributed by atoms with E-state index in [1.807, 2.05) is 29.2 Å². The molecule has 0 spiro atoms. The molecule has 4 aromatic rings. The normalized spacial score (nSPS) is 19.0. The number of ether oxygens (including phenoxy) is 3. The first-order valence-corrected chi connectivity index (χ1v) is 18.9. The van der Waals surface area contributed by atoms with Gasteiger partial charge in [0.25, 0.3) is 11.8 Å². The van der Waals surface area contributed by atoms with Crippen LogP contribution in [-0.4, -0.2) is 130 Å². The van der Waals surface area contributed by atoms with Gasteiger partial charge in [0.2, 0.25) is 17.7 Å². The van der Waals surface area contributed by atoms with Crippen LogP contribution in [0.3, 0.4) is 0 Å². The number of carbonyl (C=O) groups is 5. The molecule has 3 N–H and O–H groups in total. The molecule has 1 saturated carbocycles. The Balaban J connectivity index is 0.730. The summed E-state index contributed by atoms with van der Waals surface area (Å²) in [5.41, 5.74) is 3.13. The highest BCUT2D eigenvalue weighted by molar-refractivity contribution is 6.25. The second-order valence-corrected chi connectivity index (χ2v) is 14.5. The first-order chi connectivity index (χ1) is 27.2. The van der Waals surface area contributed by atoms with Crippen molar-refractivity contribution in [2.45, 2.75) is 50.7 Å². The highest BCUT2D eigenvalue weighted by Crippen LogP contribution is 2.41. The SMILES string of the molecule is CC1(Oc2ccc3[nH]nc(-c4cc(N5CCN(C(=O)CCOCCOCCNc6cccc7c6C(=O)N(C6CCC(=O)NC6=O)C7=O)CC5)ncn4)c3c2)CC1. The van der Waals surface area contributed by atoms with Crippen LogP contribution >= 0.6 is 0 Å². The maximum absolute atomic E-state index is 13.2. The smallest absolute Gasteiger partial charge is 0.264 e. The van der Waals surface area contributed by atoms with Gasteiger partial charge in [-0.25, -0.2) is 9.97 Å². The molecule has 0 radical (unpaired) electrons. The van der Waals surface area contributed by atoms with E-state index in [9.17, 15) is 24.0 Å². The Labute approximate surface area is 322 Å². The van der Waals surface area contributed by atoms with Crippen LogP contribution in [0, 0.1) is 0 Å². The van der Waals surface area contributed by atoms with Crippen molar-refractivity contribution < 1.29 is 38.2 Å². The van der Waals surface area contributed by atoms with Crippen LogP contribution in [0.5, 0.6) is 5.75 Å². The molecule has 17 nitrogen and oxygen atoms in total. The fraction of sp³-hybridized carbons (Fsp3) is 0.436. The number of piperidine rings is 1. The zero-order valence-corrected chi connectivity index (χ0v) is 31.0. The first kappa shape index (κ1) is 37.0. The summed E-state index contributed by atoms with van der Waals surface area (Å²) >= 11 is 0. The number of aromatic amines is 1. The highest BCUT2D eigenvalue weighted by atomic mass is 16.5. The molecule has 2 aromatic carbocycles. The summed E-state index contributed by atoms with van der Waals surface area (Å²) in [7, 11) is 0. The zero-order valence-electron chi connectivity index (χ0n) is 31.0. The van der Waals surface area contributed by atoms with Crippen molar-refractivity contribution in [1.82, 2.24) is 35.3 Å². The van der Waals surface area contributed by atoms with E-state index in [1.165, 1.54) is 0 Å². The molecular formula is C39H43N9O8. The number of nitrogens with one attached hydrogen (secondary N) is 3. The lowest BCUT2D eigenvalue weighted by Gasteiger charge is -2.35. The minimum Gasteiger partial charge on any atom is -0.488 e. The Morgan fingerprint density at radius 1 is 0.946 bits per heavy atom. The second-order valence-electron chi connectivity index (χ2n) is 14.5. The fourth-order valence-corrected chi connectivity index (χ4v) is 7.21. The van der Waals surface area contributed by atoms with Crippen molar-refractivity contribution in [2.75, 3.05) is 69.4 Å². The van der Waals surface area contributed by atoms with Gasteiger partial charge in [-0.3, -0.25) is 39.3 Å². The van der Waals surface area contributed by atoms with Gasteiger partial charge in [0.1, 0.15) is 35.2 Å². The Morgan fingerprint density at radius 2 is 1.75 bits per heavy atom. The molecule has 1 aliphatic carbocycles. The van der Waals surface area contributed by atoms with E-state index in [2.05, 4.69) is 42.6 Å². The van der Waals surface area contributed by atoms with E-state index in [1.54, 1.807) is 24.5 Å². The number of carbonyl (C=O) groups excluding carboxylic acids is 5. The van der Waals surface area contributed by atoms with Crippen LogP contribution in [-0.2, 0) is 23.9 Å². The van der Waals surface area contributed by atoms with Crippen molar-refractivity contribution in [2.24, 2.45) is 0 Å². The molecule has 292 valence electrons. The van der Waals surface area contributed by atoms with Crippen LogP contribution in [0.1, 0.15) is 59.7 Å². The Kier molecular flexibility index (Phi) is 10.3. The van der Waals surface area contributed by atoms with E-state index < -0.39 is 29.7 Å². The van der Waals surface area contributed by atoms with Crippen molar-refractivity contribution in [3.05, 3.63) is 59.9 Å². The molecule has 2 aromatic heterocycles. The lowest BCUT2D eigenvalue weighted by atomic mass is 10.0. The quantitative estimate of drug-likeness (QED) is 0.118. The lowest BCUT2D eigenvalue weighted by Crippen LogP contribution is -2.54. The standard InChI is InChI=1S/C39H43N9O8/c1-39(10-11-39)56-24-5-6-27-26(21-24)35(45-44-27)29-22-31(42-23-41-29)46-13-15-47(16-14-46)33(50)9-17-54-19-20-55-18-12-40-28-4-2-3-25-34(28)38(53)48(37(25)52)30-7-8-32(49)43-36(30)51/h2-6,21-23,30,40H,7-20H2,1H3,(H,44,45)(H,43,49,51). The molecule has 3 aliphatic heterocycles. The Hall–Kier alpha value is -5.94. The molecule has 2 saturated heterocycles. The molecule has 56 heavy (non-hydrogen) atoms. The number of amides is 5. The van der Waals surface area contributed by atoms with Crippen LogP contribution in [0.25, 0.3) is 22.3 Å². The predicted octanol–water partition coefficient (Wildman–Crippen LogP) is 2.54. The van der Waals surface area contributed by atoms with Gasteiger partial charge in [-0.2, -0.15) is 5.10 Å². The maximum atomic E-state index is 13.2. The van der Waals surface area contributed by atoms with E-state index >= 15 is 0 Å². The molecule has 5 amide bonds. The van der Waals surface area contributed by atoms with E-state index in [-0.39, 0.29) is 48.5 Å². The van der Waals surface area contributed by atoms with Crippen molar-refractivity contribution in [3.8, 4) is 17.1 Å². The minimum atomic E-state index is -1.03. The van der Waals surface area contributed by atoms with Crippen LogP contribution in [0.4, 0.5) is 11.5 Å². The largest absolute Gasteiger partial charge is 0.488 e. The molecule has 1 atom stereocenters. The van der Waals surface area contributed by atoms with Gasteiger partial charge in [-0.1, -0.05) is 6.07 Å². The number of hydrogen-bond donors (Lipinski definition) is 3. The summed E-state index contributed by atoms with van der Waals surface area (Å²) in [5.74, 6) is -0.584. The summed E-state index contributed by atoms with van der Waals surface area (Å²) < 4.78 is 17.5. The molecule has 5 heterocycles. The summed E-state index contributed by atoms with van der Waals surface area (Å²) in [6, 6.07) is 11.7. The van der Waals surface area contributed by atoms with Gasteiger partial charge >= 0.3 is 0 Å². The monoisotopic (exact) mass is 765 g/mol. The van der Waals surface area contributed by atoms with Gasteiger partial charge in [-0.15, -0.1) is 0 Å². The zero-order chi connectivity index (χ0) is 38.8. The van der Waals surface area contributed by atoms with E-state index in [0.29, 0.717) is 63.9 Å². The third-order valence-electron chi connectivity index (χ3n) is 10.6. The number of piperazine rings is 1. The number of nitrogens with zero attached hydrogens (tertiary/aromatic N) is 6. The summed E-state index contributed by atoms with van der Waals surface area (Å²) in [6.07, 6.45) is 4.06. The molecule has 1 unspecified atom stereocenters. The lowest BCUT2D eigenvalue weighted by molar-refractivity contribution is -0.136. The number of fused-ring (bicyclic) bond motifs is 2. The molecular weight excluding hydrogens is 722 g/mol. The van der Waals surface area contributed by atoms with E-state index in [0.717, 1.165) is 45.9 Å². The number of H-pyrrole nitrogens is 1. The number of rotatable bonds is 15. The van der Waals surface area contributed by atoms with Crippen LogP contribution in [0.15, 0.2) is 48.8 Å². The van der Waals surface area contributed by atoms with E-state index in [4.69, 9.17) is 14.2 Å². The van der Waals surface area contributed by atoms with Gasteiger partial charge in [-0.05, 0) is 56.5 Å². The number of anilines is 2. The molecule has 17 heteroatoms. The molecule has 4 aliphatic rings. The van der Waals surface area contributed by atoms with Crippen molar-refractivity contribution in [3.63, 3.8) is 0 Å². The van der Waals surface area contributed by atoms with Crippen LogP contribution in [0.2, 0.25) is 0 Å².